The SMILES string of the molecule is COc1ccc(C(C)S(=O)(=O)N=S=O)cc1. The first-order chi connectivity index (χ1) is 7.51. The number of ether oxygens (including phenoxy) is 1. The Morgan fingerprint density at radius 1 is 1.31 bits per heavy atom. The average Bonchev–Trinajstić information content (AvgIpc) is 2.28. The smallest absolute Gasteiger partial charge is 0.272 e. The van der Waals surface area contributed by atoms with Gasteiger partial charge in [-0.15, -0.1) is 0 Å². The van der Waals surface area contributed by atoms with E-state index in [1.807, 2.05) is 0 Å². The molecule has 0 aromatic heterocycles. The van der Waals surface area contributed by atoms with Crippen molar-refractivity contribution in [3.8, 4) is 5.75 Å². The average molecular weight is 261 g/mol. The van der Waals surface area contributed by atoms with Crippen molar-refractivity contribution < 1.29 is 17.4 Å². The Hall–Kier alpha value is -1.21. The van der Waals surface area contributed by atoms with Crippen LogP contribution in [0.3, 0.4) is 0 Å². The van der Waals surface area contributed by atoms with Crippen LogP contribution in [0.1, 0.15) is 17.7 Å². The maximum atomic E-state index is 11.5. The summed E-state index contributed by atoms with van der Waals surface area (Å²) in [5.74, 6) is 0.642. The molecule has 1 rings (SSSR count). The molecule has 0 heterocycles. The fourth-order valence-electron chi connectivity index (χ4n) is 1.15. The van der Waals surface area contributed by atoms with E-state index < -0.39 is 15.3 Å². The lowest BCUT2D eigenvalue weighted by atomic mass is 10.2. The van der Waals surface area contributed by atoms with E-state index in [0.717, 1.165) is 0 Å². The highest BCUT2D eigenvalue weighted by molar-refractivity contribution is 7.93. The number of methoxy groups -OCH3 is 1. The van der Waals surface area contributed by atoms with Crippen molar-refractivity contribution in [3.63, 3.8) is 0 Å². The summed E-state index contributed by atoms with van der Waals surface area (Å²) in [5.41, 5.74) is 0.568. The van der Waals surface area contributed by atoms with Crippen LogP contribution in [0.4, 0.5) is 0 Å². The third-order valence-corrected chi connectivity index (χ3v) is 4.41. The first-order valence-electron chi connectivity index (χ1n) is 4.40. The summed E-state index contributed by atoms with van der Waals surface area (Å²) in [5, 5.41) is -0.833. The number of hydrogen-bond donors (Lipinski definition) is 0. The van der Waals surface area contributed by atoms with E-state index >= 15 is 0 Å². The zero-order chi connectivity index (χ0) is 12.2. The third kappa shape index (κ3) is 2.89. The molecule has 0 aliphatic carbocycles. The second-order valence-electron chi connectivity index (χ2n) is 3.08. The third-order valence-electron chi connectivity index (χ3n) is 2.17. The molecule has 0 aliphatic heterocycles. The van der Waals surface area contributed by atoms with Crippen LogP contribution in [-0.2, 0) is 21.5 Å². The summed E-state index contributed by atoms with van der Waals surface area (Å²) >= 11 is -0.298. The number of rotatable bonds is 4. The number of hydrogen-bond acceptors (Lipinski definition) is 4. The largest absolute Gasteiger partial charge is 0.497 e. The topological polar surface area (TPSA) is 72.8 Å². The molecule has 0 radical (unpaired) electrons. The van der Waals surface area contributed by atoms with Gasteiger partial charge in [-0.25, -0.2) is 8.42 Å². The van der Waals surface area contributed by atoms with Gasteiger partial charge in [0.1, 0.15) is 11.0 Å². The van der Waals surface area contributed by atoms with E-state index in [2.05, 4.69) is 3.77 Å². The standard InChI is InChI=1S/C9H11NO4S2/c1-7(16(12,13)10-15-11)8-3-5-9(14-2)6-4-8/h3-7H,1-2H3. The summed E-state index contributed by atoms with van der Waals surface area (Å²) in [6.45, 7) is 1.48. The molecule has 5 nitrogen and oxygen atoms in total. The van der Waals surface area contributed by atoms with Gasteiger partial charge in [0.25, 0.3) is 10.0 Å². The van der Waals surface area contributed by atoms with Crippen LogP contribution in [0.5, 0.6) is 5.75 Å². The van der Waals surface area contributed by atoms with E-state index in [1.165, 1.54) is 14.0 Å². The maximum Gasteiger partial charge on any atom is 0.272 e. The second kappa shape index (κ2) is 5.22. The van der Waals surface area contributed by atoms with Crippen LogP contribution in [0.15, 0.2) is 28.0 Å². The van der Waals surface area contributed by atoms with Gasteiger partial charge < -0.3 is 4.74 Å². The van der Waals surface area contributed by atoms with Gasteiger partial charge in [-0.05, 0) is 24.6 Å². The molecule has 0 amide bonds. The zero-order valence-corrected chi connectivity index (χ0v) is 10.4. The number of nitrogens with zero attached hydrogens (tertiary/aromatic N) is 1. The van der Waals surface area contributed by atoms with E-state index in [9.17, 15) is 12.6 Å². The van der Waals surface area contributed by atoms with Crippen molar-refractivity contribution in [1.29, 1.82) is 0 Å². The molecule has 7 heteroatoms. The minimum absolute atomic E-state index is 0.298. The van der Waals surface area contributed by atoms with Gasteiger partial charge in [-0.3, -0.25) is 0 Å². The fraction of sp³-hybridized carbons (Fsp3) is 0.333. The number of sulfonamides is 1. The Morgan fingerprint density at radius 3 is 2.31 bits per heavy atom. The quantitative estimate of drug-likeness (QED) is 0.823. The number of benzene rings is 1. The van der Waals surface area contributed by atoms with Crippen molar-refractivity contribution in [3.05, 3.63) is 29.8 Å². The molecule has 0 bridgehead atoms. The monoisotopic (exact) mass is 261 g/mol. The lowest BCUT2D eigenvalue weighted by molar-refractivity contribution is 0.414. The lowest BCUT2D eigenvalue weighted by Gasteiger charge is -2.08. The Labute approximate surface area is 97.7 Å². The molecule has 88 valence electrons. The van der Waals surface area contributed by atoms with Gasteiger partial charge in [-0.1, -0.05) is 15.9 Å². The van der Waals surface area contributed by atoms with Crippen LogP contribution in [0.25, 0.3) is 0 Å². The second-order valence-corrected chi connectivity index (χ2v) is 5.56. The lowest BCUT2D eigenvalue weighted by Crippen LogP contribution is -2.06. The molecule has 0 spiro atoms. The molecular formula is C9H11NO4S2. The molecule has 1 aromatic rings. The molecule has 0 saturated heterocycles. The van der Waals surface area contributed by atoms with Gasteiger partial charge in [0, 0.05) is 0 Å². The van der Waals surface area contributed by atoms with Gasteiger partial charge in [0.15, 0.2) is 0 Å². The van der Waals surface area contributed by atoms with Crippen LogP contribution >= 0.6 is 0 Å². The first-order valence-corrected chi connectivity index (χ1v) is 6.60. The van der Waals surface area contributed by atoms with Crippen molar-refractivity contribution in [2.45, 2.75) is 12.2 Å². The molecule has 16 heavy (non-hydrogen) atoms. The highest BCUT2D eigenvalue weighted by atomic mass is 32.2. The predicted molar refractivity (Wildman–Crippen MR) is 60.9 cm³/mol. The Balaban J connectivity index is 3.05. The molecule has 0 N–H and O–H groups in total. The summed E-state index contributed by atoms with van der Waals surface area (Å²) in [7, 11) is -2.22. The van der Waals surface area contributed by atoms with Crippen LogP contribution in [0, 0.1) is 0 Å². The van der Waals surface area contributed by atoms with Gasteiger partial charge >= 0.3 is 0 Å². The van der Waals surface area contributed by atoms with Crippen molar-refractivity contribution in [1.82, 2.24) is 0 Å². The maximum absolute atomic E-state index is 11.5. The fourth-order valence-corrected chi connectivity index (χ4v) is 2.51. The Kier molecular flexibility index (Phi) is 4.19. The van der Waals surface area contributed by atoms with Gasteiger partial charge in [-0.2, -0.15) is 4.21 Å². The zero-order valence-electron chi connectivity index (χ0n) is 8.78. The highest BCUT2D eigenvalue weighted by Gasteiger charge is 2.21. The van der Waals surface area contributed by atoms with E-state index in [4.69, 9.17) is 4.74 Å². The first kappa shape index (κ1) is 12.9. The van der Waals surface area contributed by atoms with Crippen molar-refractivity contribution in [2.75, 3.05) is 7.11 Å². The summed E-state index contributed by atoms with van der Waals surface area (Å²) in [4.78, 5) is 0. The summed E-state index contributed by atoms with van der Waals surface area (Å²) < 4.78 is 41.0. The minimum atomic E-state index is -3.75. The van der Waals surface area contributed by atoms with Gasteiger partial charge in [0.2, 0.25) is 11.5 Å². The predicted octanol–water partition coefficient (Wildman–Crippen LogP) is 1.48. The van der Waals surface area contributed by atoms with Crippen LogP contribution in [0.2, 0.25) is 0 Å². The van der Waals surface area contributed by atoms with Gasteiger partial charge in [0.05, 0.1) is 7.11 Å². The molecule has 1 aromatic carbocycles. The highest BCUT2D eigenvalue weighted by Crippen LogP contribution is 2.24. The Morgan fingerprint density at radius 2 is 1.88 bits per heavy atom. The molecular weight excluding hydrogens is 250 g/mol. The molecule has 0 fully saturated rings. The normalized spacial score (nSPS) is 12.9. The van der Waals surface area contributed by atoms with Crippen molar-refractivity contribution >= 4 is 21.5 Å². The van der Waals surface area contributed by atoms with Crippen LogP contribution < -0.4 is 4.74 Å². The van der Waals surface area contributed by atoms with Crippen molar-refractivity contribution in [2.24, 2.45) is 3.77 Å². The van der Waals surface area contributed by atoms with Crippen LogP contribution in [-0.4, -0.2) is 19.7 Å². The Bertz CT molecular complexity index is 503. The molecule has 0 saturated carbocycles. The molecule has 1 atom stereocenters. The summed E-state index contributed by atoms with van der Waals surface area (Å²) in [6, 6.07) is 6.58. The van der Waals surface area contributed by atoms with E-state index in [1.54, 1.807) is 24.3 Å². The van der Waals surface area contributed by atoms with E-state index in [0.29, 0.717) is 11.3 Å². The molecule has 0 aliphatic rings. The minimum Gasteiger partial charge on any atom is -0.497 e. The summed E-state index contributed by atoms with van der Waals surface area (Å²) in [6.07, 6.45) is 0. The van der Waals surface area contributed by atoms with E-state index in [-0.39, 0.29) is 11.5 Å². The molecule has 1 unspecified atom stereocenters.